The molecule has 0 saturated heterocycles. The van der Waals surface area contributed by atoms with Crippen LogP contribution in [0.1, 0.15) is 106 Å². The minimum absolute atomic E-state index is 0.0468. The zero-order valence-corrected chi connectivity index (χ0v) is 23.6. The van der Waals surface area contributed by atoms with Crippen molar-refractivity contribution in [2.75, 3.05) is 5.32 Å². The lowest BCUT2D eigenvalue weighted by Gasteiger charge is -2.18. The second-order valence-electron chi connectivity index (χ2n) is 10.3. The number of rotatable bonds is 11. The molecule has 0 aromatic heterocycles. The number of nitrogens with one attached hydrogen (secondary N) is 1. The number of aryl methyl sites for hydroxylation is 1. The van der Waals surface area contributed by atoms with Gasteiger partial charge >= 0.3 is 0 Å². The molecule has 0 fully saturated rings. The van der Waals surface area contributed by atoms with Gasteiger partial charge < -0.3 is 10.4 Å². The van der Waals surface area contributed by atoms with Gasteiger partial charge in [-0.1, -0.05) is 46.8 Å². The molecule has 0 radical (unpaired) electrons. The number of hydrogen-bond acceptors (Lipinski definition) is 5. The molecule has 2 aromatic rings. The molecule has 1 unspecified atom stereocenters. The number of amides is 1. The largest absolute Gasteiger partial charge is 0.386 e. The molecule has 2 aromatic carbocycles. The maximum absolute atomic E-state index is 12.5. The van der Waals surface area contributed by atoms with Crippen molar-refractivity contribution in [1.82, 2.24) is 0 Å². The van der Waals surface area contributed by atoms with E-state index >= 15 is 0 Å². The molecular formula is C31H43NO5. The Morgan fingerprint density at radius 1 is 0.946 bits per heavy atom. The summed E-state index contributed by atoms with van der Waals surface area (Å²) in [6.07, 6.45) is 2.57. The number of carbonyl (C=O) groups excluding carboxylic acids is 4. The van der Waals surface area contributed by atoms with E-state index in [1.54, 1.807) is 57.2 Å². The zero-order valence-electron chi connectivity index (χ0n) is 23.6. The van der Waals surface area contributed by atoms with Crippen molar-refractivity contribution in [3.8, 4) is 0 Å². The normalized spacial score (nSPS) is 11.8. The van der Waals surface area contributed by atoms with Crippen LogP contribution < -0.4 is 5.32 Å². The van der Waals surface area contributed by atoms with Crippen LogP contribution in [-0.2, 0) is 21.6 Å². The smallest absolute Gasteiger partial charge is 0.255 e. The Bertz CT molecular complexity index is 1080. The Kier molecular flexibility index (Phi) is 12.6. The highest BCUT2D eigenvalue weighted by Crippen LogP contribution is 2.22. The molecule has 1 atom stereocenters. The van der Waals surface area contributed by atoms with Crippen molar-refractivity contribution in [3.05, 3.63) is 64.7 Å². The third-order valence-electron chi connectivity index (χ3n) is 6.33. The lowest BCUT2D eigenvalue weighted by molar-refractivity contribution is -0.121. The minimum Gasteiger partial charge on any atom is -0.386 e. The van der Waals surface area contributed by atoms with E-state index in [1.165, 1.54) is 0 Å². The van der Waals surface area contributed by atoms with Crippen molar-refractivity contribution >= 4 is 28.9 Å². The third kappa shape index (κ3) is 10.4. The first-order valence-electron chi connectivity index (χ1n) is 13.0. The maximum atomic E-state index is 12.5. The quantitative estimate of drug-likeness (QED) is 0.335. The number of Topliss-reactive ketones (excluding diaryl/α,β-unsaturated/α-hetero) is 3. The number of anilines is 1. The first-order valence-corrected chi connectivity index (χ1v) is 13.0. The fourth-order valence-electron chi connectivity index (χ4n) is 3.51. The summed E-state index contributed by atoms with van der Waals surface area (Å²) in [6.45, 7) is 14.5. The van der Waals surface area contributed by atoms with Crippen molar-refractivity contribution in [3.63, 3.8) is 0 Å². The summed E-state index contributed by atoms with van der Waals surface area (Å²) >= 11 is 0. The molecule has 0 heterocycles. The van der Waals surface area contributed by atoms with Crippen LogP contribution in [0.3, 0.4) is 0 Å². The van der Waals surface area contributed by atoms with Crippen LogP contribution in [0.5, 0.6) is 0 Å². The van der Waals surface area contributed by atoms with Crippen molar-refractivity contribution in [1.29, 1.82) is 0 Å². The first-order chi connectivity index (χ1) is 17.2. The van der Waals surface area contributed by atoms with Crippen LogP contribution >= 0.6 is 0 Å². The standard InChI is InChI=1S/C22H27NO3.C9H16O2/c1-6-15-13-18(11-12-19(15)20(24)14(2)3)23-21(25)16-7-9-17(10-8-16)22(4,5)26;1-4-9(11)6-5-7(2)8(3)10/h7-14,26H,6H2,1-5H3,(H,23,25);7H,4-6H2,1-3H3. The molecule has 6 nitrogen and oxygen atoms in total. The summed E-state index contributed by atoms with van der Waals surface area (Å²) < 4.78 is 0. The molecular weight excluding hydrogens is 466 g/mol. The van der Waals surface area contributed by atoms with E-state index in [9.17, 15) is 24.3 Å². The molecule has 0 aliphatic carbocycles. The number of benzene rings is 2. The molecule has 1 amide bonds. The highest BCUT2D eigenvalue weighted by molar-refractivity contribution is 6.05. The topological polar surface area (TPSA) is 101 Å². The fraction of sp³-hybridized carbons (Fsp3) is 0.484. The van der Waals surface area contributed by atoms with Crippen molar-refractivity contribution in [2.24, 2.45) is 11.8 Å². The van der Waals surface area contributed by atoms with Crippen molar-refractivity contribution in [2.45, 2.75) is 86.7 Å². The molecule has 202 valence electrons. The summed E-state index contributed by atoms with van der Waals surface area (Å²) in [5.74, 6) is 0.298. The summed E-state index contributed by atoms with van der Waals surface area (Å²) in [7, 11) is 0. The van der Waals surface area contributed by atoms with Crippen LogP contribution in [0.25, 0.3) is 0 Å². The van der Waals surface area contributed by atoms with Gasteiger partial charge in [0.25, 0.3) is 5.91 Å². The van der Waals surface area contributed by atoms with Gasteiger partial charge in [-0.3, -0.25) is 19.2 Å². The van der Waals surface area contributed by atoms with Crippen LogP contribution in [0.2, 0.25) is 0 Å². The summed E-state index contributed by atoms with van der Waals surface area (Å²) in [5.41, 5.74) is 2.63. The first kappa shape index (κ1) is 31.9. The summed E-state index contributed by atoms with van der Waals surface area (Å²) in [6, 6.07) is 12.3. The molecule has 2 rings (SSSR count). The van der Waals surface area contributed by atoms with Gasteiger partial charge in [-0.25, -0.2) is 0 Å². The molecule has 0 aliphatic rings. The van der Waals surface area contributed by atoms with Crippen molar-refractivity contribution < 1.29 is 24.3 Å². The van der Waals surface area contributed by atoms with E-state index in [4.69, 9.17) is 0 Å². The van der Waals surface area contributed by atoms with E-state index in [0.29, 0.717) is 30.5 Å². The highest BCUT2D eigenvalue weighted by atomic mass is 16.3. The predicted molar refractivity (Wildman–Crippen MR) is 149 cm³/mol. The molecule has 37 heavy (non-hydrogen) atoms. The monoisotopic (exact) mass is 509 g/mol. The lowest BCUT2D eigenvalue weighted by atomic mass is 9.94. The van der Waals surface area contributed by atoms with E-state index in [0.717, 1.165) is 23.1 Å². The lowest BCUT2D eigenvalue weighted by Crippen LogP contribution is -2.17. The number of aliphatic hydroxyl groups is 1. The summed E-state index contributed by atoms with van der Waals surface area (Å²) in [4.78, 5) is 46.3. The van der Waals surface area contributed by atoms with Gasteiger partial charge in [0.15, 0.2) is 5.78 Å². The molecule has 2 N–H and O–H groups in total. The minimum atomic E-state index is -0.941. The SMILES string of the molecule is CCC(=O)CCC(C)C(C)=O.CCc1cc(NC(=O)c2ccc(C(C)(C)O)cc2)ccc1C(=O)C(C)C. The predicted octanol–water partition coefficient (Wildman–Crippen LogP) is 6.54. The van der Waals surface area contributed by atoms with E-state index in [-0.39, 0.29) is 35.1 Å². The maximum Gasteiger partial charge on any atom is 0.255 e. The Hall–Kier alpha value is -3.12. The van der Waals surface area contributed by atoms with Crippen LogP contribution in [0, 0.1) is 11.8 Å². The van der Waals surface area contributed by atoms with Gasteiger partial charge in [-0.05, 0) is 75.1 Å². The Balaban J connectivity index is 0.000000525. The Morgan fingerprint density at radius 2 is 1.54 bits per heavy atom. The summed E-state index contributed by atoms with van der Waals surface area (Å²) in [5, 5.41) is 12.9. The van der Waals surface area contributed by atoms with E-state index in [2.05, 4.69) is 5.32 Å². The fourth-order valence-corrected chi connectivity index (χ4v) is 3.51. The van der Waals surface area contributed by atoms with Crippen LogP contribution in [0.4, 0.5) is 5.69 Å². The van der Waals surface area contributed by atoms with Gasteiger partial charge in [0.05, 0.1) is 5.60 Å². The molecule has 0 bridgehead atoms. The van der Waals surface area contributed by atoms with Crippen LogP contribution in [-0.4, -0.2) is 28.4 Å². The van der Waals surface area contributed by atoms with Crippen LogP contribution in [0.15, 0.2) is 42.5 Å². The molecule has 0 spiro atoms. The second-order valence-corrected chi connectivity index (χ2v) is 10.3. The second kappa shape index (κ2) is 14.6. The average molecular weight is 510 g/mol. The molecule has 0 saturated carbocycles. The Morgan fingerprint density at radius 3 is 2.00 bits per heavy atom. The van der Waals surface area contributed by atoms with Gasteiger partial charge in [0, 0.05) is 41.5 Å². The number of carbonyl (C=O) groups is 4. The average Bonchev–Trinajstić information content (AvgIpc) is 2.86. The number of ketones is 3. The van der Waals surface area contributed by atoms with Gasteiger partial charge in [-0.15, -0.1) is 0 Å². The van der Waals surface area contributed by atoms with E-state index in [1.807, 2.05) is 40.7 Å². The third-order valence-corrected chi connectivity index (χ3v) is 6.33. The highest BCUT2D eigenvalue weighted by Gasteiger charge is 2.17. The molecule has 6 heteroatoms. The van der Waals surface area contributed by atoms with Gasteiger partial charge in [0.2, 0.25) is 0 Å². The zero-order chi connectivity index (χ0) is 28.3. The molecule has 0 aliphatic heterocycles. The van der Waals surface area contributed by atoms with Gasteiger partial charge in [0.1, 0.15) is 11.6 Å². The Labute approximate surface area is 221 Å². The van der Waals surface area contributed by atoms with Gasteiger partial charge in [-0.2, -0.15) is 0 Å². The van der Waals surface area contributed by atoms with E-state index < -0.39 is 5.60 Å². The number of hydrogen-bond donors (Lipinski definition) is 2.